The van der Waals surface area contributed by atoms with Crippen LogP contribution in [0.4, 0.5) is 0 Å². The summed E-state index contributed by atoms with van der Waals surface area (Å²) in [6, 6.07) is 15.0. The quantitative estimate of drug-likeness (QED) is 0.514. The molecule has 4 aromatic rings. The fourth-order valence-electron chi connectivity index (χ4n) is 2.69. The van der Waals surface area contributed by atoms with Crippen molar-refractivity contribution in [2.45, 2.75) is 6.61 Å². The van der Waals surface area contributed by atoms with Gasteiger partial charge in [-0.1, -0.05) is 6.07 Å². The summed E-state index contributed by atoms with van der Waals surface area (Å²) in [6.45, 7) is 0.173. The molecule has 2 aromatic heterocycles. The normalized spacial score (nSPS) is 10.7. The zero-order valence-corrected chi connectivity index (χ0v) is 14.9. The van der Waals surface area contributed by atoms with Crippen LogP contribution >= 0.6 is 0 Å². The van der Waals surface area contributed by atoms with Gasteiger partial charge in [-0.15, -0.1) is 10.2 Å². The molecule has 7 heteroatoms. The van der Waals surface area contributed by atoms with Crippen molar-refractivity contribution in [1.82, 2.24) is 15.2 Å². The molecule has 0 saturated carbocycles. The lowest BCUT2D eigenvalue weighted by atomic mass is 10.2. The van der Waals surface area contributed by atoms with Gasteiger partial charge >= 0.3 is 0 Å². The predicted octanol–water partition coefficient (Wildman–Crippen LogP) is 3.88. The van der Waals surface area contributed by atoms with Crippen molar-refractivity contribution in [3.05, 3.63) is 60.6 Å². The van der Waals surface area contributed by atoms with Gasteiger partial charge in [-0.3, -0.25) is 4.98 Å². The fourth-order valence-corrected chi connectivity index (χ4v) is 2.69. The number of rotatable bonds is 6. The molecule has 0 amide bonds. The topological polar surface area (TPSA) is 79.5 Å². The van der Waals surface area contributed by atoms with Gasteiger partial charge in [0, 0.05) is 17.1 Å². The number of fused-ring (bicyclic) bond motifs is 1. The number of methoxy groups -OCH3 is 2. The van der Waals surface area contributed by atoms with Crippen LogP contribution in [0.15, 0.2) is 59.1 Å². The van der Waals surface area contributed by atoms with E-state index in [-0.39, 0.29) is 6.61 Å². The summed E-state index contributed by atoms with van der Waals surface area (Å²) in [6.07, 6.45) is 1.76. The van der Waals surface area contributed by atoms with Crippen LogP contribution < -0.4 is 14.2 Å². The Bertz CT molecular complexity index is 1080. The van der Waals surface area contributed by atoms with E-state index in [1.165, 1.54) is 0 Å². The minimum absolute atomic E-state index is 0.173. The molecule has 136 valence electrons. The first-order valence-corrected chi connectivity index (χ1v) is 8.29. The van der Waals surface area contributed by atoms with Crippen molar-refractivity contribution in [2.75, 3.05) is 14.2 Å². The van der Waals surface area contributed by atoms with Crippen molar-refractivity contribution in [3.8, 4) is 28.7 Å². The van der Waals surface area contributed by atoms with Crippen molar-refractivity contribution < 1.29 is 18.6 Å². The first-order chi connectivity index (χ1) is 13.3. The van der Waals surface area contributed by atoms with Gasteiger partial charge in [0.15, 0.2) is 18.1 Å². The summed E-state index contributed by atoms with van der Waals surface area (Å²) in [7, 11) is 3.16. The van der Waals surface area contributed by atoms with Gasteiger partial charge in [-0.25, -0.2) is 0 Å². The minimum Gasteiger partial charge on any atom is -0.493 e. The van der Waals surface area contributed by atoms with Gasteiger partial charge < -0.3 is 18.6 Å². The molecule has 0 unspecified atom stereocenters. The second-order valence-electron chi connectivity index (χ2n) is 5.72. The summed E-state index contributed by atoms with van der Waals surface area (Å²) < 4.78 is 22.0. The maximum absolute atomic E-state index is 5.76. The molecule has 0 bridgehead atoms. The van der Waals surface area contributed by atoms with E-state index in [1.54, 1.807) is 32.5 Å². The largest absolute Gasteiger partial charge is 0.493 e. The smallest absolute Gasteiger partial charge is 0.254 e. The zero-order chi connectivity index (χ0) is 18.6. The SMILES string of the molecule is COc1ccc(-c2nnc(COc3ccc4ncccc4c3)o2)cc1OC. The Morgan fingerprint density at radius 3 is 2.67 bits per heavy atom. The third-order valence-electron chi connectivity index (χ3n) is 4.03. The maximum atomic E-state index is 5.76. The Balaban J connectivity index is 1.49. The summed E-state index contributed by atoms with van der Waals surface area (Å²) in [5.41, 5.74) is 1.65. The van der Waals surface area contributed by atoms with E-state index in [2.05, 4.69) is 15.2 Å². The van der Waals surface area contributed by atoms with Crippen LogP contribution in [0.25, 0.3) is 22.4 Å². The molecular formula is C20H17N3O4. The number of hydrogen-bond donors (Lipinski definition) is 0. The van der Waals surface area contributed by atoms with Gasteiger partial charge in [0.1, 0.15) is 5.75 Å². The van der Waals surface area contributed by atoms with E-state index in [9.17, 15) is 0 Å². The highest BCUT2D eigenvalue weighted by molar-refractivity contribution is 5.79. The lowest BCUT2D eigenvalue weighted by Crippen LogP contribution is -1.95. The lowest BCUT2D eigenvalue weighted by Gasteiger charge is -2.07. The molecule has 0 fully saturated rings. The summed E-state index contributed by atoms with van der Waals surface area (Å²) >= 11 is 0. The predicted molar refractivity (Wildman–Crippen MR) is 98.9 cm³/mol. The van der Waals surface area contributed by atoms with Crippen molar-refractivity contribution >= 4 is 10.9 Å². The minimum atomic E-state index is 0.173. The van der Waals surface area contributed by atoms with Crippen LogP contribution in [0.5, 0.6) is 17.2 Å². The highest BCUT2D eigenvalue weighted by Crippen LogP contribution is 2.31. The zero-order valence-electron chi connectivity index (χ0n) is 14.9. The van der Waals surface area contributed by atoms with Crippen LogP contribution in [-0.4, -0.2) is 29.4 Å². The highest BCUT2D eigenvalue weighted by atomic mass is 16.5. The molecule has 0 aliphatic heterocycles. The van der Waals surface area contributed by atoms with Gasteiger partial charge in [-0.05, 0) is 42.5 Å². The molecule has 0 saturated heterocycles. The van der Waals surface area contributed by atoms with Gasteiger partial charge in [0.05, 0.1) is 19.7 Å². The molecule has 0 aliphatic rings. The van der Waals surface area contributed by atoms with E-state index < -0.39 is 0 Å². The summed E-state index contributed by atoms with van der Waals surface area (Å²) in [5, 5.41) is 9.12. The second-order valence-corrected chi connectivity index (χ2v) is 5.72. The standard InChI is InChI=1S/C20H17N3O4/c1-24-17-8-5-14(11-18(17)25-2)20-23-22-19(27-20)12-26-15-6-7-16-13(10-15)4-3-9-21-16/h3-11H,12H2,1-2H3. The molecule has 4 rings (SSSR count). The lowest BCUT2D eigenvalue weighted by molar-refractivity contribution is 0.265. The number of ether oxygens (including phenoxy) is 3. The van der Waals surface area contributed by atoms with E-state index in [1.807, 2.05) is 36.4 Å². The van der Waals surface area contributed by atoms with Crippen LogP contribution in [0, 0.1) is 0 Å². The van der Waals surface area contributed by atoms with Crippen LogP contribution in [-0.2, 0) is 6.61 Å². The van der Waals surface area contributed by atoms with Crippen molar-refractivity contribution in [1.29, 1.82) is 0 Å². The maximum Gasteiger partial charge on any atom is 0.254 e. The summed E-state index contributed by atoms with van der Waals surface area (Å²) in [4.78, 5) is 4.29. The Hall–Kier alpha value is -3.61. The molecule has 2 heterocycles. The molecule has 0 N–H and O–H groups in total. The molecule has 0 aliphatic carbocycles. The number of aromatic nitrogens is 3. The Kier molecular flexibility index (Phi) is 4.57. The van der Waals surface area contributed by atoms with Crippen molar-refractivity contribution in [3.63, 3.8) is 0 Å². The van der Waals surface area contributed by atoms with E-state index in [0.717, 1.165) is 16.5 Å². The van der Waals surface area contributed by atoms with Crippen LogP contribution in [0.2, 0.25) is 0 Å². The Labute approximate surface area is 155 Å². The number of hydrogen-bond acceptors (Lipinski definition) is 7. The molecule has 7 nitrogen and oxygen atoms in total. The Morgan fingerprint density at radius 1 is 0.926 bits per heavy atom. The molecule has 0 radical (unpaired) electrons. The van der Waals surface area contributed by atoms with Crippen LogP contribution in [0.1, 0.15) is 5.89 Å². The molecule has 0 spiro atoms. The first-order valence-electron chi connectivity index (χ1n) is 8.29. The van der Waals surface area contributed by atoms with E-state index in [4.69, 9.17) is 18.6 Å². The fraction of sp³-hybridized carbons (Fsp3) is 0.150. The van der Waals surface area contributed by atoms with Crippen molar-refractivity contribution in [2.24, 2.45) is 0 Å². The third-order valence-corrected chi connectivity index (χ3v) is 4.03. The first kappa shape index (κ1) is 16.8. The average molecular weight is 363 g/mol. The average Bonchev–Trinajstić information content (AvgIpc) is 3.20. The van der Waals surface area contributed by atoms with Gasteiger partial charge in [0.2, 0.25) is 5.89 Å². The third kappa shape index (κ3) is 3.52. The second kappa shape index (κ2) is 7.33. The van der Waals surface area contributed by atoms with E-state index >= 15 is 0 Å². The van der Waals surface area contributed by atoms with E-state index in [0.29, 0.717) is 29.0 Å². The number of benzene rings is 2. The van der Waals surface area contributed by atoms with Gasteiger partial charge in [-0.2, -0.15) is 0 Å². The van der Waals surface area contributed by atoms with Gasteiger partial charge in [0.25, 0.3) is 5.89 Å². The number of nitrogens with zero attached hydrogens (tertiary/aromatic N) is 3. The molecule has 2 aromatic carbocycles. The number of pyridine rings is 1. The molecule has 27 heavy (non-hydrogen) atoms. The highest BCUT2D eigenvalue weighted by Gasteiger charge is 2.12. The van der Waals surface area contributed by atoms with Crippen LogP contribution in [0.3, 0.4) is 0 Å². The monoisotopic (exact) mass is 363 g/mol. The molecule has 0 atom stereocenters. The summed E-state index contributed by atoms with van der Waals surface area (Å²) in [5.74, 6) is 2.70. The molecular weight excluding hydrogens is 346 g/mol. The Morgan fingerprint density at radius 2 is 1.81 bits per heavy atom.